The molecule has 0 aliphatic carbocycles. The third kappa shape index (κ3) is 11.9. The summed E-state index contributed by atoms with van der Waals surface area (Å²) in [6.45, 7) is 4.43. The van der Waals surface area contributed by atoms with Crippen molar-refractivity contribution in [1.82, 2.24) is 0 Å². The van der Waals surface area contributed by atoms with E-state index < -0.39 is 0 Å². The summed E-state index contributed by atoms with van der Waals surface area (Å²) in [5, 5.41) is 0. The summed E-state index contributed by atoms with van der Waals surface area (Å²) in [6.07, 6.45) is 6.36. The third-order valence-corrected chi connectivity index (χ3v) is 2.82. The molecule has 0 amide bonds. The molecule has 0 saturated heterocycles. The van der Waals surface area contributed by atoms with Crippen molar-refractivity contribution < 1.29 is 50.7 Å². The van der Waals surface area contributed by atoms with E-state index in [-0.39, 0.29) is 50.7 Å². The zero-order valence-corrected chi connectivity index (χ0v) is 17.5. The molecule has 0 spiro atoms. The van der Waals surface area contributed by atoms with Crippen molar-refractivity contribution in [3.63, 3.8) is 0 Å². The molecule has 2 rings (SSSR count). The molecule has 2 aromatic rings. The van der Waals surface area contributed by atoms with Gasteiger partial charge in [0.1, 0.15) is 0 Å². The molecule has 0 saturated carbocycles. The number of unbranched alkanes of at least 4 members (excludes halogenated alkanes) is 1. The van der Waals surface area contributed by atoms with E-state index in [1.54, 1.807) is 0 Å². The Hall–Kier alpha value is 0.150. The predicted molar refractivity (Wildman–Crippen MR) is 76.7 cm³/mol. The Bertz CT molecular complexity index is 352. The Labute approximate surface area is 155 Å². The molecule has 0 aliphatic heterocycles. The first-order valence-corrected chi connectivity index (χ1v) is 6.78. The van der Waals surface area contributed by atoms with Crippen LogP contribution in [-0.2, 0) is 38.7 Å². The minimum absolute atomic E-state index is 0. The number of hydrogen-bond acceptors (Lipinski definition) is 0. The Morgan fingerprint density at radius 3 is 1.40 bits per heavy atom. The van der Waals surface area contributed by atoms with Gasteiger partial charge in [-0.3, -0.25) is 0 Å². The van der Waals surface area contributed by atoms with Crippen LogP contribution in [-0.4, -0.2) is 0 Å². The van der Waals surface area contributed by atoms with Crippen LogP contribution in [0.4, 0.5) is 0 Å². The van der Waals surface area contributed by atoms with Crippen molar-refractivity contribution in [2.24, 2.45) is 0 Å². The fourth-order valence-corrected chi connectivity index (χ4v) is 1.83. The van der Waals surface area contributed by atoms with E-state index in [1.807, 2.05) is 0 Å². The first kappa shape index (κ1) is 25.1. The number of rotatable bonds is 5. The Morgan fingerprint density at radius 1 is 0.650 bits per heavy atom. The molecule has 3 heteroatoms. The van der Waals surface area contributed by atoms with Gasteiger partial charge in [0.05, 0.1) is 0 Å². The van der Waals surface area contributed by atoms with Crippen molar-refractivity contribution >= 4 is 0 Å². The van der Waals surface area contributed by atoms with Gasteiger partial charge >= 0.3 is 25.8 Å². The summed E-state index contributed by atoms with van der Waals surface area (Å²) in [5.74, 6) is 0. The van der Waals surface area contributed by atoms with Crippen LogP contribution in [0.2, 0.25) is 0 Å². The average Bonchev–Trinajstić information content (AvgIpc) is 3.00. The Balaban J connectivity index is -0.000000252. The molecule has 0 N–H and O–H groups in total. The van der Waals surface area contributed by atoms with Crippen LogP contribution in [0.15, 0.2) is 48.5 Å². The molecule has 0 bridgehead atoms. The molecular formula is C17H24Cl2Hf. The number of hydrogen-bond donors (Lipinski definition) is 0. The van der Waals surface area contributed by atoms with E-state index in [2.05, 4.69) is 62.4 Å². The maximum Gasteiger partial charge on any atom is 4.00 e. The Morgan fingerprint density at radius 2 is 1.05 bits per heavy atom. The standard InChI is InChI=1S/C9H13.C8H11.2ClH.Hf/c1-2-3-6-9-7-4-5-8-9;1-2-5-8-6-3-4-7-8;;;/h4-5,7-8H,2-3,6H2,1H3;3-4,6-7H,2,5H2,1H3;2*1H;/q2*-1;;;+4/p-2. The quantitative estimate of drug-likeness (QED) is 0.387. The normalized spacial score (nSPS) is 8.30. The fraction of sp³-hybridized carbons (Fsp3) is 0.412. The van der Waals surface area contributed by atoms with E-state index in [9.17, 15) is 0 Å². The predicted octanol–water partition coefficient (Wildman–Crippen LogP) is -0.888. The summed E-state index contributed by atoms with van der Waals surface area (Å²) in [6, 6.07) is 17.1. The third-order valence-electron chi connectivity index (χ3n) is 2.82. The SMILES string of the molecule is CCCC[c-]1cccc1.CCC[c-]1cccc1.[Cl-].[Cl-].[Hf+4]. The van der Waals surface area contributed by atoms with Gasteiger partial charge in [-0.05, 0) is 0 Å². The van der Waals surface area contributed by atoms with Crippen molar-refractivity contribution in [2.45, 2.75) is 46.0 Å². The van der Waals surface area contributed by atoms with Gasteiger partial charge in [-0.2, -0.15) is 35.4 Å². The van der Waals surface area contributed by atoms with E-state index >= 15 is 0 Å². The second-order valence-electron chi connectivity index (χ2n) is 4.44. The molecule has 0 nitrogen and oxygen atoms in total. The minimum atomic E-state index is 0. The van der Waals surface area contributed by atoms with Crippen LogP contribution in [0.3, 0.4) is 0 Å². The molecule has 0 unspecified atom stereocenters. The zero-order chi connectivity index (χ0) is 12.3. The molecule has 0 radical (unpaired) electrons. The topological polar surface area (TPSA) is 0 Å². The first-order chi connectivity index (χ1) is 8.36. The van der Waals surface area contributed by atoms with Crippen LogP contribution in [0.1, 0.15) is 44.2 Å². The largest absolute Gasteiger partial charge is 4.00 e. The summed E-state index contributed by atoms with van der Waals surface area (Å²) in [7, 11) is 0. The van der Waals surface area contributed by atoms with Crippen molar-refractivity contribution in [3.8, 4) is 0 Å². The summed E-state index contributed by atoms with van der Waals surface area (Å²) < 4.78 is 0. The maximum absolute atomic E-state index is 2.23. The van der Waals surface area contributed by atoms with E-state index in [0.29, 0.717) is 0 Å². The molecule has 0 aliphatic rings. The smallest absolute Gasteiger partial charge is 1.00 e. The summed E-state index contributed by atoms with van der Waals surface area (Å²) >= 11 is 0. The second kappa shape index (κ2) is 17.2. The number of aryl methyl sites for hydroxylation is 2. The van der Waals surface area contributed by atoms with Crippen LogP contribution in [0, 0.1) is 0 Å². The molecule has 2 aromatic carbocycles. The van der Waals surface area contributed by atoms with Crippen LogP contribution in [0.5, 0.6) is 0 Å². The number of halogens is 2. The minimum Gasteiger partial charge on any atom is -1.00 e. The second-order valence-corrected chi connectivity index (χ2v) is 4.44. The molecule has 0 heterocycles. The van der Waals surface area contributed by atoms with Gasteiger partial charge < -0.3 is 24.8 Å². The van der Waals surface area contributed by atoms with Gasteiger partial charge in [-0.15, -0.1) is 0 Å². The van der Waals surface area contributed by atoms with Gasteiger partial charge in [0.2, 0.25) is 0 Å². The monoisotopic (exact) mass is 478 g/mol. The van der Waals surface area contributed by atoms with Crippen LogP contribution < -0.4 is 24.8 Å². The molecule has 20 heavy (non-hydrogen) atoms. The molecular weight excluding hydrogens is 454 g/mol. The average molecular weight is 478 g/mol. The van der Waals surface area contributed by atoms with Gasteiger partial charge in [0.25, 0.3) is 0 Å². The molecule has 0 aromatic heterocycles. The van der Waals surface area contributed by atoms with Gasteiger partial charge in [-0.25, -0.2) is 24.3 Å². The van der Waals surface area contributed by atoms with Crippen molar-refractivity contribution in [1.29, 1.82) is 0 Å². The summed E-state index contributed by atoms with van der Waals surface area (Å²) in [5.41, 5.74) is 2.95. The zero-order valence-electron chi connectivity index (χ0n) is 12.4. The van der Waals surface area contributed by atoms with Gasteiger partial charge in [0, 0.05) is 0 Å². The first-order valence-electron chi connectivity index (χ1n) is 6.78. The fourth-order valence-electron chi connectivity index (χ4n) is 1.83. The Kier molecular flexibility index (Phi) is 21.6. The van der Waals surface area contributed by atoms with E-state index in [1.165, 1.54) is 43.2 Å². The van der Waals surface area contributed by atoms with Crippen LogP contribution in [0.25, 0.3) is 0 Å². The van der Waals surface area contributed by atoms with Gasteiger partial charge in [0.15, 0.2) is 0 Å². The molecule has 0 fully saturated rings. The molecule has 110 valence electrons. The summed E-state index contributed by atoms with van der Waals surface area (Å²) in [4.78, 5) is 0. The van der Waals surface area contributed by atoms with E-state index in [0.717, 1.165) is 0 Å². The van der Waals surface area contributed by atoms with Crippen molar-refractivity contribution in [2.75, 3.05) is 0 Å². The van der Waals surface area contributed by atoms with Gasteiger partial charge in [-0.1, -0.05) is 46.0 Å². The molecule has 0 atom stereocenters. The van der Waals surface area contributed by atoms with Crippen molar-refractivity contribution in [3.05, 3.63) is 59.7 Å². The maximum atomic E-state index is 2.23. The van der Waals surface area contributed by atoms with Crippen LogP contribution >= 0.6 is 0 Å². The van der Waals surface area contributed by atoms with E-state index in [4.69, 9.17) is 0 Å².